The average Bonchev–Trinajstić information content (AvgIpc) is 3.21. The zero-order chi connectivity index (χ0) is 15.8. The van der Waals surface area contributed by atoms with Crippen LogP contribution in [0.3, 0.4) is 0 Å². The quantitative estimate of drug-likeness (QED) is 0.874. The summed E-state index contributed by atoms with van der Waals surface area (Å²) in [5.41, 5.74) is 1.09. The minimum Gasteiger partial charge on any atom is -0.454 e. The van der Waals surface area contributed by atoms with Crippen molar-refractivity contribution in [2.24, 2.45) is 0 Å². The van der Waals surface area contributed by atoms with Gasteiger partial charge in [-0.3, -0.25) is 4.79 Å². The predicted molar refractivity (Wildman–Crippen MR) is 79.0 cm³/mol. The van der Waals surface area contributed by atoms with Crippen LogP contribution in [0.5, 0.6) is 23.0 Å². The molecule has 2 aromatic rings. The van der Waals surface area contributed by atoms with Gasteiger partial charge >= 0.3 is 0 Å². The summed E-state index contributed by atoms with van der Waals surface area (Å²) in [4.78, 5) is 12.3. The number of hydrogen-bond donors (Lipinski definition) is 1. The van der Waals surface area contributed by atoms with Crippen molar-refractivity contribution < 1.29 is 28.8 Å². The van der Waals surface area contributed by atoms with E-state index >= 15 is 0 Å². The Hall–Kier alpha value is -2.73. The number of hydrogen-bond acceptors (Lipinski definition) is 6. The first-order valence-corrected chi connectivity index (χ1v) is 7.21. The molecule has 0 aliphatic carbocycles. The molecule has 0 fully saturated rings. The molecule has 0 radical (unpaired) electrons. The van der Waals surface area contributed by atoms with Gasteiger partial charge in [0.25, 0.3) is 0 Å². The number of benzene rings is 2. The molecule has 0 aromatic heterocycles. The summed E-state index contributed by atoms with van der Waals surface area (Å²) in [7, 11) is 0. The molecule has 23 heavy (non-hydrogen) atoms. The van der Waals surface area contributed by atoms with Gasteiger partial charge in [-0.25, -0.2) is 0 Å². The Morgan fingerprint density at radius 2 is 1.52 bits per heavy atom. The lowest BCUT2D eigenvalue weighted by Crippen LogP contribution is -2.07. The van der Waals surface area contributed by atoms with Crippen LogP contribution in [0.1, 0.15) is 28.4 Å². The first-order valence-electron chi connectivity index (χ1n) is 7.21. The molecule has 0 saturated carbocycles. The minimum atomic E-state index is -0.914. The lowest BCUT2D eigenvalue weighted by molar-refractivity contribution is 0.0879. The van der Waals surface area contributed by atoms with E-state index in [0.29, 0.717) is 34.1 Å². The standard InChI is InChI=1S/C17H14O6/c18-12(10-1-3-14-16(5-10)22-8-20-14)7-13(19)11-2-4-15-17(6-11)23-9-21-15/h1-6,12,18H,7-9H2. The van der Waals surface area contributed by atoms with Crippen molar-refractivity contribution in [3.63, 3.8) is 0 Å². The maximum Gasteiger partial charge on any atom is 0.231 e. The smallest absolute Gasteiger partial charge is 0.231 e. The zero-order valence-corrected chi connectivity index (χ0v) is 12.2. The number of aliphatic hydroxyl groups is 1. The maximum atomic E-state index is 12.3. The summed E-state index contributed by atoms with van der Waals surface area (Å²) in [5, 5.41) is 10.3. The Morgan fingerprint density at radius 3 is 2.26 bits per heavy atom. The minimum absolute atomic E-state index is 0.0285. The summed E-state index contributed by atoms with van der Waals surface area (Å²) in [6, 6.07) is 10.2. The number of fused-ring (bicyclic) bond motifs is 2. The van der Waals surface area contributed by atoms with Gasteiger partial charge in [-0.1, -0.05) is 6.07 Å². The first-order chi connectivity index (χ1) is 11.2. The molecule has 2 aromatic carbocycles. The predicted octanol–water partition coefficient (Wildman–Crippen LogP) is 2.45. The topological polar surface area (TPSA) is 74.2 Å². The molecular weight excluding hydrogens is 300 g/mol. The summed E-state index contributed by atoms with van der Waals surface area (Å²) < 4.78 is 21.0. The molecule has 0 bridgehead atoms. The van der Waals surface area contributed by atoms with Gasteiger partial charge < -0.3 is 24.1 Å². The highest BCUT2D eigenvalue weighted by Gasteiger charge is 2.21. The molecule has 0 spiro atoms. The first kappa shape index (κ1) is 13.9. The molecule has 118 valence electrons. The highest BCUT2D eigenvalue weighted by Crippen LogP contribution is 2.36. The Balaban J connectivity index is 1.50. The molecule has 0 saturated heterocycles. The third kappa shape index (κ3) is 2.57. The molecule has 0 amide bonds. The van der Waals surface area contributed by atoms with Crippen LogP contribution < -0.4 is 18.9 Å². The van der Waals surface area contributed by atoms with Crippen LogP contribution in [0.25, 0.3) is 0 Å². The van der Waals surface area contributed by atoms with E-state index in [0.717, 1.165) is 0 Å². The van der Waals surface area contributed by atoms with Gasteiger partial charge in [-0.15, -0.1) is 0 Å². The van der Waals surface area contributed by atoms with Gasteiger partial charge in [-0.05, 0) is 35.9 Å². The van der Waals surface area contributed by atoms with Crippen molar-refractivity contribution in [1.82, 2.24) is 0 Å². The molecule has 2 aliphatic rings. The fraction of sp³-hybridized carbons (Fsp3) is 0.235. The third-order valence-electron chi connectivity index (χ3n) is 3.85. The van der Waals surface area contributed by atoms with Gasteiger partial charge in [0.2, 0.25) is 13.6 Å². The molecule has 2 heterocycles. The van der Waals surface area contributed by atoms with Gasteiger partial charge in [0, 0.05) is 12.0 Å². The van der Waals surface area contributed by atoms with E-state index in [1.807, 2.05) is 0 Å². The van der Waals surface area contributed by atoms with Crippen molar-refractivity contribution in [3.8, 4) is 23.0 Å². The number of ether oxygens (including phenoxy) is 4. The molecule has 6 nitrogen and oxygen atoms in total. The molecular formula is C17H14O6. The van der Waals surface area contributed by atoms with E-state index in [1.165, 1.54) is 0 Å². The summed E-state index contributed by atoms with van der Waals surface area (Å²) in [6.07, 6.45) is -0.943. The maximum absolute atomic E-state index is 12.3. The van der Waals surface area contributed by atoms with Crippen LogP contribution >= 0.6 is 0 Å². The monoisotopic (exact) mass is 314 g/mol. The fourth-order valence-electron chi connectivity index (χ4n) is 2.60. The van der Waals surface area contributed by atoms with Crippen LogP contribution in [-0.4, -0.2) is 24.5 Å². The molecule has 1 N–H and O–H groups in total. The zero-order valence-electron chi connectivity index (χ0n) is 12.2. The Morgan fingerprint density at radius 1 is 0.913 bits per heavy atom. The Labute approximate surface area is 132 Å². The normalized spacial score (nSPS) is 15.5. The number of rotatable bonds is 4. The number of ketones is 1. The van der Waals surface area contributed by atoms with E-state index in [1.54, 1.807) is 36.4 Å². The fourth-order valence-corrected chi connectivity index (χ4v) is 2.60. The number of carbonyl (C=O) groups is 1. The molecule has 2 aliphatic heterocycles. The second kappa shape index (κ2) is 5.48. The van der Waals surface area contributed by atoms with Crippen LogP contribution in [-0.2, 0) is 0 Å². The van der Waals surface area contributed by atoms with Gasteiger partial charge in [-0.2, -0.15) is 0 Å². The van der Waals surface area contributed by atoms with E-state index in [2.05, 4.69) is 0 Å². The largest absolute Gasteiger partial charge is 0.454 e. The van der Waals surface area contributed by atoms with Crippen molar-refractivity contribution in [3.05, 3.63) is 47.5 Å². The van der Waals surface area contributed by atoms with E-state index < -0.39 is 6.10 Å². The SMILES string of the molecule is O=C(CC(O)c1ccc2c(c1)OCO2)c1ccc2c(c1)OCO2. The second-order valence-electron chi connectivity index (χ2n) is 5.32. The highest BCUT2D eigenvalue weighted by molar-refractivity contribution is 5.97. The van der Waals surface area contributed by atoms with Crippen LogP contribution in [0.4, 0.5) is 0 Å². The van der Waals surface area contributed by atoms with E-state index in [9.17, 15) is 9.90 Å². The van der Waals surface area contributed by atoms with Crippen LogP contribution in [0.15, 0.2) is 36.4 Å². The number of carbonyl (C=O) groups excluding carboxylic acids is 1. The van der Waals surface area contributed by atoms with Crippen LogP contribution in [0.2, 0.25) is 0 Å². The third-order valence-corrected chi connectivity index (χ3v) is 3.85. The van der Waals surface area contributed by atoms with Gasteiger partial charge in [0.15, 0.2) is 28.8 Å². The average molecular weight is 314 g/mol. The lowest BCUT2D eigenvalue weighted by Gasteiger charge is -2.11. The van der Waals surface area contributed by atoms with Gasteiger partial charge in [0.1, 0.15) is 0 Å². The Bertz CT molecular complexity index is 770. The summed E-state index contributed by atoms with van der Waals surface area (Å²) >= 11 is 0. The number of aliphatic hydroxyl groups excluding tert-OH is 1. The number of Topliss-reactive ketones (excluding diaryl/α,β-unsaturated/α-hetero) is 1. The summed E-state index contributed by atoms with van der Waals surface area (Å²) in [5.74, 6) is 2.22. The van der Waals surface area contributed by atoms with Crippen molar-refractivity contribution in [2.45, 2.75) is 12.5 Å². The van der Waals surface area contributed by atoms with Crippen LogP contribution in [0, 0.1) is 0 Å². The van der Waals surface area contributed by atoms with Crippen molar-refractivity contribution in [1.29, 1.82) is 0 Å². The van der Waals surface area contributed by atoms with Crippen molar-refractivity contribution >= 4 is 5.78 Å². The molecule has 1 atom stereocenters. The van der Waals surface area contributed by atoms with Crippen molar-refractivity contribution in [2.75, 3.05) is 13.6 Å². The highest BCUT2D eigenvalue weighted by atomic mass is 16.7. The Kier molecular flexibility index (Phi) is 3.31. The molecule has 4 rings (SSSR count). The second-order valence-corrected chi connectivity index (χ2v) is 5.32. The molecule has 1 unspecified atom stereocenters. The summed E-state index contributed by atoms with van der Waals surface area (Å²) in [6.45, 7) is 0.331. The van der Waals surface area contributed by atoms with Gasteiger partial charge in [0.05, 0.1) is 6.10 Å². The van der Waals surface area contributed by atoms with E-state index in [-0.39, 0.29) is 25.8 Å². The molecule has 6 heteroatoms. The van der Waals surface area contributed by atoms with E-state index in [4.69, 9.17) is 18.9 Å². The lowest BCUT2D eigenvalue weighted by atomic mass is 9.99.